The first-order chi connectivity index (χ1) is 34.8. The fourth-order valence-corrected chi connectivity index (χ4v) is 12.9. The molecule has 4 heterocycles. The first-order valence-electron chi connectivity index (χ1n) is 24.1. The summed E-state index contributed by atoms with van der Waals surface area (Å²) in [7, 11) is 0. The molecule has 0 N–H and O–H groups in total. The van der Waals surface area contributed by atoms with Crippen molar-refractivity contribution in [3.8, 4) is 12.1 Å². The molecular weight excluding hydrogens is 877 g/mol. The molecule has 71 heavy (non-hydrogen) atoms. The first-order valence-corrected chi connectivity index (χ1v) is 24.1. The Morgan fingerprint density at radius 1 is 0.394 bits per heavy atom. The number of nitriles is 2. The smallest absolute Gasteiger partial charge is 0.159 e. The second kappa shape index (κ2) is 14.2. The van der Waals surface area contributed by atoms with Crippen molar-refractivity contribution >= 4 is 122 Å². The predicted molar refractivity (Wildman–Crippen MR) is 283 cm³/mol. The lowest BCUT2D eigenvalue weighted by molar-refractivity contribution is 0.484. The van der Waals surface area contributed by atoms with Gasteiger partial charge in [-0.15, -0.1) is 0 Å². The third-order valence-electron chi connectivity index (χ3n) is 15.8. The van der Waals surface area contributed by atoms with E-state index in [4.69, 9.17) is 17.7 Å². The molecule has 4 aromatic heterocycles. The Kier molecular flexibility index (Phi) is 7.93. The van der Waals surface area contributed by atoms with E-state index >= 15 is 0 Å². The van der Waals surface area contributed by atoms with Crippen LogP contribution in [0.3, 0.4) is 0 Å². The van der Waals surface area contributed by atoms with E-state index in [1.807, 2.05) is 72.8 Å². The van der Waals surface area contributed by atoms with Gasteiger partial charge in [-0.05, 0) is 102 Å². The van der Waals surface area contributed by atoms with Crippen LogP contribution < -0.4 is 9.80 Å². The van der Waals surface area contributed by atoms with Crippen LogP contribution in [0.25, 0.3) is 87.8 Å². The first kappa shape index (κ1) is 39.7. The highest BCUT2D eigenvalue weighted by molar-refractivity contribution is 6.14. The Bertz CT molecular complexity index is 4270. The summed E-state index contributed by atoms with van der Waals surface area (Å²) in [5.74, 6) is 0. The van der Waals surface area contributed by atoms with Gasteiger partial charge in [-0.3, -0.25) is 0 Å². The van der Waals surface area contributed by atoms with Crippen molar-refractivity contribution in [3.05, 3.63) is 192 Å². The number of nitrogens with zero attached hydrogens (tertiary/aromatic N) is 4. The zero-order valence-electron chi connectivity index (χ0n) is 38.7. The van der Waals surface area contributed by atoms with Crippen LogP contribution in [0.4, 0.5) is 34.1 Å². The molecule has 0 aliphatic heterocycles. The standard InChI is InChI=1S/C63H40N4O4/c1-62-29-30-63(2,35-62)57-56(62)58(66(36-25-27-42-38-13-3-7-21-50(38)68-54(42)31-36)48-19-11-17-44-40-15-5-9-23-52(40)70-60(44)48)46(33-64)47(34-65)59(57)67(37-26-28-43-39-14-4-8-22-51(39)69-55(43)32-37)49-20-12-18-45-41-16-6-10-24-53(41)71-61(45)49/h3-28,31-32H,29-30,35H2,1-2H3. The van der Waals surface area contributed by atoms with Gasteiger partial charge in [0, 0.05) is 55.2 Å². The summed E-state index contributed by atoms with van der Waals surface area (Å²) in [4.78, 5) is 4.36. The third-order valence-corrected chi connectivity index (χ3v) is 15.8. The van der Waals surface area contributed by atoms with Crippen LogP contribution >= 0.6 is 0 Å². The SMILES string of the molecule is CC12CCC(C)(C1)c1c(N(c3ccc4c(c3)oc3ccccc34)c3cccc4c3oc3ccccc34)c(C#N)c(C#N)c(N(c3ccc4c(c3)oc3ccccc34)c3cccc4c3oc3ccccc34)c12. The summed E-state index contributed by atoms with van der Waals surface area (Å²) in [6.07, 6.45) is 2.62. The maximum absolute atomic E-state index is 12.0. The fourth-order valence-electron chi connectivity index (χ4n) is 12.9. The van der Waals surface area contributed by atoms with E-state index in [2.05, 4.69) is 133 Å². The zero-order valence-corrected chi connectivity index (χ0v) is 38.7. The molecular formula is C63H40N4O4. The van der Waals surface area contributed by atoms with Gasteiger partial charge >= 0.3 is 0 Å². The van der Waals surface area contributed by atoms with E-state index in [9.17, 15) is 10.5 Å². The minimum absolute atomic E-state index is 0.267. The van der Waals surface area contributed by atoms with E-state index < -0.39 is 10.8 Å². The number of hydrogen-bond acceptors (Lipinski definition) is 8. The maximum Gasteiger partial charge on any atom is 0.159 e. The topological polar surface area (TPSA) is 107 Å². The van der Waals surface area contributed by atoms with Crippen molar-refractivity contribution in [2.75, 3.05) is 9.80 Å². The molecule has 1 saturated carbocycles. The van der Waals surface area contributed by atoms with Gasteiger partial charge in [0.25, 0.3) is 0 Å². The molecule has 9 aromatic carbocycles. The molecule has 2 aliphatic rings. The quantitative estimate of drug-likeness (QED) is 0.162. The van der Waals surface area contributed by atoms with Crippen LogP contribution in [-0.4, -0.2) is 0 Å². The lowest BCUT2D eigenvalue weighted by Gasteiger charge is -2.39. The van der Waals surface area contributed by atoms with Crippen LogP contribution in [0.2, 0.25) is 0 Å². The number of hydrogen-bond donors (Lipinski definition) is 0. The number of para-hydroxylation sites is 6. The third kappa shape index (κ3) is 5.36. The normalized spacial score (nSPS) is 17.4. The molecule has 8 nitrogen and oxygen atoms in total. The second-order valence-corrected chi connectivity index (χ2v) is 20.0. The van der Waals surface area contributed by atoms with Crippen molar-refractivity contribution in [1.82, 2.24) is 0 Å². The van der Waals surface area contributed by atoms with Gasteiger partial charge in [0.1, 0.15) is 45.6 Å². The minimum atomic E-state index is -0.392. The Balaban J connectivity index is 1.09. The van der Waals surface area contributed by atoms with Gasteiger partial charge in [0.15, 0.2) is 11.2 Å². The Hall–Kier alpha value is -9.24. The minimum Gasteiger partial charge on any atom is -0.456 e. The molecule has 13 aromatic rings. The molecule has 15 rings (SSSR count). The number of benzene rings is 9. The van der Waals surface area contributed by atoms with Crippen molar-refractivity contribution in [1.29, 1.82) is 10.5 Å². The number of rotatable bonds is 6. The number of furan rings is 4. The van der Waals surface area contributed by atoms with Crippen molar-refractivity contribution < 1.29 is 17.7 Å². The summed E-state index contributed by atoms with van der Waals surface area (Å²) < 4.78 is 26.9. The van der Waals surface area contributed by atoms with E-state index in [1.54, 1.807) is 0 Å². The largest absolute Gasteiger partial charge is 0.456 e. The summed E-state index contributed by atoms with van der Waals surface area (Å²) >= 11 is 0. The van der Waals surface area contributed by atoms with E-state index in [0.717, 1.165) is 119 Å². The Labute approximate surface area is 406 Å². The Morgan fingerprint density at radius 3 is 1.15 bits per heavy atom. The average Bonchev–Trinajstić information content (AvgIpc) is 4.26. The maximum atomic E-state index is 12.0. The van der Waals surface area contributed by atoms with Gasteiger partial charge in [0.05, 0.1) is 45.3 Å². The predicted octanol–water partition coefficient (Wildman–Crippen LogP) is 17.7. The zero-order chi connectivity index (χ0) is 47.3. The van der Waals surface area contributed by atoms with Crippen LogP contribution in [-0.2, 0) is 10.8 Å². The van der Waals surface area contributed by atoms with Crippen molar-refractivity contribution in [2.24, 2.45) is 0 Å². The van der Waals surface area contributed by atoms with E-state index in [-0.39, 0.29) is 11.1 Å². The molecule has 0 amide bonds. The fraction of sp³-hybridized carbons (Fsp3) is 0.111. The van der Waals surface area contributed by atoms with Crippen LogP contribution in [0.15, 0.2) is 188 Å². The lowest BCUT2D eigenvalue weighted by atomic mass is 9.73. The molecule has 2 aliphatic carbocycles. The molecule has 336 valence electrons. The summed E-state index contributed by atoms with van der Waals surface area (Å²) in [6, 6.07) is 62.7. The molecule has 0 radical (unpaired) electrons. The lowest BCUT2D eigenvalue weighted by Crippen LogP contribution is -2.28. The Morgan fingerprint density at radius 2 is 0.746 bits per heavy atom. The number of fused-ring (bicyclic) bond motifs is 17. The highest BCUT2D eigenvalue weighted by atomic mass is 16.3. The van der Waals surface area contributed by atoms with Crippen molar-refractivity contribution in [3.63, 3.8) is 0 Å². The van der Waals surface area contributed by atoms with Gasteiger partial charge in [0.2, 0.25) is 0 Å². The van der Waals surface area contributed by atoms with Gasteiger partial charge < -0.3 is 27.5 Å². The van der Waals surface area contributed by atoms with Crippen molar-refractivity contribution in [2.45, 2.75) is 43.9 Å². The molecule has 2 unspecified atom stereocenters. The van der Waals surface area contributed by atoms with E-state index in [1.165, 1.54) is 0 Å². The molecule has 2 atom stereocenters. The highest BCUT2D eigenvalue weighted by Crippen LogP contribution is 2.68. The molecule has 2 bridgehead atoms. The van der Waals surface area contributed by atoms with E-state index in [0.29, 0.717) is 33.7 Å². The summed E-state index contributed by atoms with van der Waals surface area (Å²) in [6.45, 7) is 4.69. The molecule has 0 saturated heterocycles. The van der Waals surface area contributed by atoms with Gasteiger partial charge in [-0.2, -0.15) is 10.5 Å². The number of anilines is 6. The molecule has 1 fully saturated rings. The van der Waals surface area contributed by atoms with Crippen LogP contribution in [0, 0.1) is 22.7 Å². The van der Waals surface area contributed by atoms with Crippen LogP contribution in [0.5, 0.6) is 0 Å². The second-order valence-electron chi connectivity index (χ2n) is 20.0. The molecule has 0 spiro atoms. The average molecular weight is 917 g/mol. The monoisotopic (exact) mass is 916 g/mol. The highest BCUT2D eigenvalue weighted by Gasteiger charge is 2.58. The van der Waals surface area contributed by atoms with Gasteiger partial charge in [-0.25, -0.2) is 0 Å². The van der Waals surface area contributed by atoms with Gasteiger partial charge in [-0.1, -0.05) is 111 Å². The summed E-state index contributed by atoms with van der Waals surface area (Å²) in [5.41, 5.74) is 12.1. The summed E-state index contributed by atoms with van der Waals surface area (Å²) in [5, 5.41) is 32.0. The molecule has 8 heteroatoms. The van der Waals surface area contributed by atoms with Crippen LogP contribution in [0.1, 0.15) is 55.4 Å².